The Bertz CT molecular complexity index is 671. The molecule has 0 rings (SSSR count). The Labute approximate surface area is 187 Å². The van der Waals surface area contributed by atoms with Crippen LogP contribution in [0.1, 0.15) is 67.2 Å². The third-order valence-corrected chi connectivity index (χ3v) is 6.30. The fourth-order valence-corrected chi connectivity index (χ4v) is 4.15. The van der Waals surface area contributed by atoms with Gasteiger partial charge in [-0.1, -0.05) is 46.6 Å². The highest BCUT2D eigenvalue weighted by Crippen LogP contribution is 2.61. The Morgan fingerprint density at radius 2 is 1.06 bits per heavy atom. The number of phosphoric acid groups is 2. The third kappa shape index (κ3) is 22.1. The summed E-state index contributed by atoms with van der Waals surface area (Å²) < 4.78 is 38.2. The molecule has 0 saturated carbocycles. The van der Waals surface area contributed by atoms with Crippen molar-refractivity contribution in [3.8, 4) is 0 Å². The second-order valence-electron chi connectivity index (χ2n) is 7.35. The van der Waals surface area contributed by atoms with Gasteiger partial charge in [-0.3, -0.25) is 9.05 Å². The van der Waals surface area contributed by atoms with E-state index in [2.05, 4.69) is 16.5 Å². The van der Waals surface area contributed by atoms with Gasteiger partial charge in [0.1, 0.15) is 0 Å². The maximum atomic E-state index is 12.6. The van der Waals surface area contributed by atoms with Crippen LogP contribution in [0.2, 0.25) is 0 Å². The maximum absolute atomic E-state index is 12.6. The van der Waals surface area contributed by atoms with Crippen LogP contribution in [-0.2, 0) is 22.5 Å². The van der Waals surface area contributed by atoms with Gasteiger partial charge in [0.15, 0.2) is 0 Å². The second-order valence-corrected chi connectivity index (χ2v) is 10.4. The van der Waals surface area contributed by atoms with Crippen molar-refractivity contribution in [3.05, 3.63) is 46.6 Å². The number of phosphoric ester groups is 1. The molecule has 0 bridgehead atoms. The van der Waals surface area contributed by atoms with Crippen molar-refractivity contribution in [2.24, 2.45) is 0 Å². The molecular formula is C20H42N2O7P2. The fraction of sp³-hybridized carbons (Fsp3) is 0.600. The highest BCUT2D eigenvalue weighted by atomic mass is 31.3. The molecule has 0 saturated heterocycles. The molecule has 0 amide bonds. The summed E-state index contributed by atoms with van der Waals surface area (Å²) in [6.07, 6.45) is 10.9. The average Bonchev–Trinajstić information content (AvgIpc) is 2.52. The van der Waals surface area contributed by atoms with Crippen molar-refractivity contribution in [1.82, 2.24) is 12.3 Å². The zero-order valence-electron chi connectivity index (χ0n) is 19.8. The van der Waals surface area contributed by atoms with Gasteiger partial charge >= 0.3 is 15.6 Å². The molecule has 31 heavy (non-hydrogen) atoms. The summed E-state index contributed by atoms with van der Waals surface area (Å²) in [4.78, 5) is 18.0. The Morgan fingerprint density at radius 3 is 1.35 bits per heavy atom. The number of hydrogen-bond donors (Lipinski definition) is 4. The Hall–Kier alpha value is -0.860. The molecule has 0 aliphatic heterocycles. The Balaban J connectivity index is -0.00000392. The van der Waals surface area contributed by atoms with Gasteiger partial charge in [0.05, 0.1) is 13.2 Å². The van der Waals surface area contributed by atoms with E-state index in [0.29, 0.717) is 0 Å². The molecule has 0 aromatic rings. The molecule has 0 radical (unpaired) electrons. The summed E-state index contributed by atoms with van der Waals surface area (Å²) >= 11 is 0. The molecule has 0 aromatic carbocycles. The minimum atomic E-state index is -5.04. The second kappa shape index (κ2) is 17.7. The third-order valence-electron chi connectivity index (χ3n) is 3.72. The van der Waals surface area contributed by atoms with Gasteiger partial charge in [0.2, 0.25) is 0 Å². The highest BCUT2D eigenvalue weighted by Gasteiger charge is 2.35. The minimum absolute atomic E-state index is 0. The standard InChI is InChI=1S/C20H36O7P2.2H3N/c1-17(2)9-7-11-19(5)13-15-25-29(24,27-28(21,22)23)26-16-14-20(6)12-8-10-18(3)4;;/h9-10,13-14H,7-8,11-12,15-16H2,1-6H3,(H2,21,22,23);2*1H3/b19-13+,20-14+;;. The summed E-state index contributed by atoms with van der Waals surface area (Å²) in [6.45, 7) is 11.6. The largest absolute Gasteiger partial charge is 0.484 e. The SMILES string of the molecule is CC(C)=CCC/C(C)=C/COP(=O)(OC/C=C(\C)CCC=C(C)C)OP(=O)(O)O.N.N. The molecule has 0 unspecified atom stereocenters. The van der Waals surface area contributed by atoms with Crippen molar-refractivity contribution in [2.75, 3.05) is 13.2 Å². The van der Waals surface area contributed by atoms with Crippen LogP contribution < -0.4 is 12.3 Å². The van der Waals surface area contributed by atoms with Crippen LogP contribution in [0.25, 0.3) is 0 Å². The lowest BCUT2D eigenvalue weighted by Gasteiger charge is -2.17. The first-order valence-electron chi connectivity index (χ1n) is 9.57. The van der Waals surface area contributed by atoms with Crippen LogP contribution in [0.15, 0.2) is 46.6 Å². The number of rotatable bonds is 14. The van der Waals surface area contributed by atoms with E-state index >= 15 is 0 Å². The van der Waals surface area contributed by atoms with Gasteiger partial charge in [0, 0.05) is 0 Å². The van der Waals surface area contributed by atoms with Gasteiger partial charge in [-0.25, -0.2) is 9.13 Å². The van der Waals surface area contributed by atoms with Crippen molar-refractivity contribution in [1.29, 1.82) is 0 Å². The van der Waals surface area contributed by atoms with Crippen molar-refractivity contribution in [2.45, 2.75) is 67.2 Å². The minimum Gasteiger partial charge on any atom is -0.344 e. The van der Waals surface area contributed by atoms with Crippen LogP contribution in [0.4, 0.5) is 0 Å². The van der Waals surface area contributed by atoms with Crippen molar-refractivity contribution >= 4 is 15.6 Å². The predicted molar refractivity (Wildman–Crippen MR) is 128 cm³/mol. The van der Waals surface area contributed by atoms with Crippen LogP contribution >= 0.6 is 15.6 Å². The summed E-state index contributed by atoms with van der Waals surface area (Å²) in [5.74, 6) is 0. The lowest BCUT2D eigenvalue weighted by molar-refractivity contribution is 0.159. The van der Waals surface area contributed by atoms with Crippen molar-refractivity contribution < 1.29 is 32.3 Å². The molecule has 0 aromatic heterocycles. The zero-order valence-corrected chi connectivity index (χ0v) is 21.6. The van der Waals surface area contributed by atoms with E-state index in [1.807, 2.05) is 41.5 Å². The van der Waals surface area contributed by atoms with E-state index in [-0.39, 0.29) is 25.5 Å². The van der Waals surface area contributed by atoms with Crippen LogP contribution in [0.5, 0.6) is 0 Å². The van der Waals surface area contributed by atoms with Crippen LogP contribution in [-0.4, -0.2) is 23.0 Å². The smallest absolute Gasteiger partial charge is 0.344 e. The zero-order chi connectivity index (χ0) is 22.5. The molecule has 8 N–H and O–H groups in total. The lowest BCUT2D eigenvalue weighted by atomic mass is 10.1. The van der Waals surface area contributed by atoms with Gasteiger partial charge in [0.25, 0.3) is 0 Å². The van der Waals surface area contributed by atoms with Gasteiger partial charge in [-0.2, -0.15) is 4.31 Å². The maximum Gasteiger partial charge on any atom is 0.484 e. The first kappa shape index (κ1) is 34.7. The summed E-state index contributed by atoms with van der Waals surface area (Å²) in [5, 5.41) is 0. The average molecular weight is 485 g/mol. The first-order chi connectivity index (χ1) is 13.3. The van der Waals surface area contributed by atoms with Crippen LogP contribution in [0, 0.1) is 0 Å². The Kier molecular flexibility index (Phi) is 19.8. The van der Waals surface area contributed by atoms with E-state index in [9.17, 15) is 9.13 Å². The molecule has 0 aliphatic rings. The Morgan fingerprint density at radius 1 is 0.710 bits per heavy atom. The van der Waals surface area contributed by atoms with E-state index in [0.717, 1.165) is 36.8 Å². The molecular weight excluding hydrogens is 442 g/mol. The molecule has 9 nitrogen and oxygen atoms in total. The molecule has 0 heterocycles. The van der Waals surface area contributed by atoms with E-state index in [1.54, 1.807) is 12.2 Å². The van der Waals surface area contributed by atoms with E-state index in [4.69, 9.17) is 18.8 Å². The summed E-state index contributed by atoms with van der Waals surface area (Å²) in [5.41, 5.74) is 4.46. The van der Waals surface area contributed by atoms with Crippen LogP contribution in [0.3, 0.4) is 0 Å². The summed E-state index contributed by atoms with van der Waals surface area (Å²) in [7, 11) is -9.45. The topological polar surface area (TPSA) is 172 Å². The molecule has 11 heteroatoms. The van der Waals surface area contributed by atoms with E-state index < -0.39 is 15.6 Å². The highest BCUT2D eigenvalue weighted by molar-refractivity contribution is 7.61. The lowest BCUT2D eigenvalue weighted by Crippen LogP contribution is -2.01. The predicted octanol–water partition coefficient (Wildman–Crippen LogP) is 6.95. The van der Waals surface area contributed by atoms with Gasteiger partial charge < -0.3 is 22.1 Å². The number of hydrogen-bond acceptors (Lipinski definition) is 7. The van der Waals surface area contributed by atoms with Gasteiger partial charge in [-0.05, 0) is 67.2 Å². The monoisotopic (exact) mass is 484 g/mol. The molecule has 184 valence electrons. The van der Waals surface area contributed by atoms with E-state index in [1.165, 1.54) is 11.1 Å². The van der Waals surface area contributed by atoms with Crippen molar-refractivity contribution in [3.63, 3.8) is 0 Å². The molecule has 0 fully saturated rings. The fourth-order valence-electron chi connectivity index (χ4n) is 2.14. The molecule has 0 spiro atoms. The normalized spacial score (nSPS) is 14.1. The quantitative estimate of drug-likeness (QED) is 0.150. The molecule has 0 aliphatic carbocycles. The molecule has 0 atom stereocenters. The van der Waals surface area contributed by atoms with Gasteiger partial charge in [-0.15, -0.1) is 0 Å². The summed E-state index contributed by atoms with van der Waals surface area (Å²) in [6, 6.07) is 0. The number of allylic oxidation sites excluding steroid dienone is 6. The first-order valence-corrected chi connectivity index (χ1v) is 12.6.